The van der Waals surface area contributed by atoms with Gasteiger partial charge >= 0.3 is 0 Å². The predicted molar refractivity (Wildman–Crippen MR) is 54.6 cm³/mol. The third-order valence-electron chi connectivity index (χ3n) is 1.69. The summed E-state index contributed by atoms with van der Waals surface area (Å²) < 4.78 is 5.82. The normalized spacial score (nSPS) is 9.71. The molecule has 0 saturated heterocycles. The Bertz CT molecular complexity index is 352. The zero-order chi connectivity index (χ0) is 10.7. The van der Waals surface area contributed by atoms with Gasteiger partial charge in [-0.05, 0) is 18.2 Å². The second-order valence-electron chi connectivity index (χ2n) is 2.67. The van der Waals surface area contributed by atoms with Crippen LogP contribution in [0.15, 0.2) is 22.7 Å². The van der Waals surface area contributed by atoms with Gasteiger partial charge in [-0.2, -0.15) is 0 Å². The van der Waals surface area contributed by atoms with Crippen LogP contribution < -0.4 is 4.74 Å². The van der Waals surface area contributed by atoms with Gasteiger partial charge in [0.05, 0.1) is 12.7 Å². The molecular weight excluding hydrogens is 250 g/mol. The number of methoxy groups -OCH3 is 1. The zero-order valence-corrected chi connectivity index (χ0v) is 9.41. The largest absolute Gasteiger partial charge is 0.496 e. The highest BCUT2D eigenvalue weighted by Crippen LogP contribution is 2.24. The van der Waals surface area contributed by atoms with Crippen molar-refractivity contribution < 1.29 is 14.7 Å². The van der Waals surface area contributed by atoms with Crippen LogP contribution in [0.1, 0.15) is 10.4 Å². The fourth-order valence-electron chi connectivity index (χ4n) is 1.02. The average Bonchev–Trinajstić information content (AvgIpc) is 2.16. The predicted octanol–water partition coefficient (Wildman–Crippen LogP) is 1.92. The minimum Gasteiger partial charge on any atom is -0.496 e. The van der Waals surface area contributed by atoms with Crippen molar-refractivity contribution in [3.8, 4) is 5.75 Å². The molecule has 76 valence electrons. The van der Waals surface area contributed by atoms with E-state index in [1.54, 1.807) is 18.2 Å². The fourth-order valence-corrected chi connectivity index (χ4v) is 1.36. The molecule has 1 aromatic rings. The number of hydrogen-bond acceptors (Lipinski definition) is 3. The number of benzene rings is 1. The quantitative estimate of drug-likeness (QED) is 0.652. The Morgan fingerprint density at radius 3 is 2.71 bits per heavy atom. The number of ether oxygens (including phenoxy) is 1. The van der Waals surface area contributed by atoms with E-state index in [0.29, 0.717) is 16.4 Å². The Balaban J connectivity index is 3.14. The van der Waals surface area contributed by atoms with Crippen LogP contribution >= 0.6 is 15.9 Å². The standard InChI is InChI=1S/C9H10BrNO3/c1-11(13)9(12)7-4-3-6(10)5-8(7)14-2/h3-5,13H,1-2H3. The van der Waals surface area contributed by atoms with Crippen LogP contribution in [0.5, 0.6) is 5.75 Å². The lowest BCUT2D eigenvalue weighted by Crippen LogP contribution is -2.22. The maximum Gasteiger partial charge on any atom is 0.280 e. The fraction of sp³-hybridized carbons (Fsp3) is 0.222. The molecule has 4 nitrogen and oxygen atoms in total. The number of halogens is 1. The molecule has 1 rings (SSSR count). The zero-order valence-electron chi connectivity index (χ0n) is 7.82. The third kappa shape index (κ3) is 2.24. The minimum absolute atomic E-state index is 0.320. The van der Waals surface area contributed by atoms with Gasteiger partial charge in [0.15, 0.2) is 0 Å². The van der Waals surface area contributed by atoms with Crippen molar-refractivity contribution >= 4 is 21.8 Å². The molecule has 0 atom stereocenters. The van der Waals surface area contributed by atoms with E-state index in [-0.39, 0.29) is 0 Å². The van der Waals surface area contributed by atoms with Crippen molar-refractivity contribution in [1.29, 1.82) is 0 Å². The van der Waals surface area contributed by atoms with Gasteiger partial charge in [-0.3, -0.25) is 10.0 Å². The number of amides is 1. The van der Waals surface area contributed by atoms with Gasteiger partial charge < -0.3 is 4.74 Å². The summed E-state index contributed by atoms with van der Waals surface area (Å²) in [6.07, 6.45) is 0. The second-order valence-corrected chi connectivity index (χ2v) is 3.59. The van der Waals surface area contributed by atoms with Gasteiger partial charge in [0.1, 0.15) is 5.75 Å². The van der Waals surface area contributed by atoms with E-state index in [2.05, 4.69) is 15.9 Å². The number of rotatable bonds is 2. The van der Waals surface area contributed by atoms with Gasteiger partial charge in [-0.1, -0.05) is 15.9 Å². The summed E-state index contributed by atoms with van der Waals surface area (Å²) in [7, 11) is 2.74. The Morgan fingerprint density at radius 1 is 1.57 bits per heavy atom. The van der Waals surface area contributed by atoms with E-state index < -0.39 is 5.91 Å². The van der Waals surface area contributed by atoms with Crippen LogP contribution in [0.3, 0.4) is 0 Å². The van der Waals surface area contributed by atoms with Crippen LogP contribution in [-0.2, 0) is 0 Å². The summed E-state index contributed by atoms with van der Waals surface area (Å²) in [5.74, 6) is -0.0837. The van der Waals surface area contributed by atoms with Crippen molar-refractivity contribution in [3.05, 3.63) is 28.2 Å². The first-order valence-electron chi connectivity index (χ1n) is 3.86. The molecule has 0 unspecified atom stereocenters. The van der Waals surface area contributed by atoms with E-state index in [0.717, 1.165) is 4.47 Å². The van der Waals surface area contributed by atoms with Crippen LogP contribution in [-0.4, -0.2) is 30.3 Å². The molecule has 1 N–H and O–H groups in total. The highest BCUT2D eigenvalue weighted by atomic mass is 79.9. The minimum atomic E-state index is -0.505. The summed E-state index contributed by atoms with van der Waals surface area (Å²) >= 11 is 3.26. The van der Waals surface area contributed by atoms with Gasteiger partial charge in [0.25, 0.3) is 5.91 Å². The molecule has 0 heterocycles. The Morgan fingerprint density at radius 2 is 2.21 bits per heavy atom. The molecule has 0 aliphatic heterocycles. The Labute approximate surface area is 90.2 Å². The molecule has 0 aliphatic carbocycles. The maximum atomic E-state index is 11.4. The van der Waals surface area contributed by atoms with Crippen molar-refractivity contribution in [3.63, 3.8) is 0 Å². The molecule has 0 fully saturated rings. The molecular formula is C9H10BrNO3. The summed E-state index contributed by atoms with van der Waals surface area (Å²) in [6.45, 7) is 0. The average molecular weight is 260 g/mol. The van der Waals surface area contributed by atoms with Crippen LogP contribution in [0, 0.1) is 0 Å². The van der Waals surface area contributed by atoms with Crippen molar-refractivity contribution in [1.82, 2.24) is 5.06 Å². The smallest absolute Gasteiger partial charge is 0.280 e. The van der Waals surface area contributed by atoms with E-state index in [1.165, 1.54) is 14.2 Å². The molecule has 5 heteroatoms. The van der Waals surface area contributed by atoms with Crippen LogP contribution in [0.25, 0.3) is 0 Å². The molecule has 0 spiro atoms. The van der Waals surface area contributed by atoms with E-state index >= 15 is 0 Å². The first-order valence-corrected chi connectivity index (χ1v) is 4.66. The topological polar surface area (TPSA) is 49.8 Å². The number of carbonyl (C=O) groups excluding carboxylic acids is 1. The summed E-state index contributed by atoms with van der Waals surface area (Å²) in [5.41, 5.74) is 0.320. The van der Waals surface area contributed by atoms with Crippen molar-refractivity contribution in [2.75, 3.05) is 14.2 Å². The highest BCUT2D eigenvalue weighted by molar-refractivity contribution is 9.10. The first kappa shape index (κ1) is 11.0. The molecule has 1 amide bonds. The number of hydroxylamine groups is 2. The van der Waals surface area contributed by atoms with Crippen molar-refractivity contribution in [2.45, 2.75) is 0 Å². The second kappa shape index (κ2) is 4.43. The molecule has 0 radical (unpaired) electrons. The lowest BCUT2D eigenvalue weighted by atomic mass is 10.2. The first-order chi connectivity index (χ1) is 6.56. The SMILES string of the molecule is COc1cc(Br)ccc1C(=O)N(C)O. The van der Waals surface area contributed by atoms with Crippen LogP contribution in [0.2, 0.25) is 0 Å². The lowest BCUT2D eigenvalue weighted by Gasteiger charge is -2.11. The summed E-state index contributed by atoms with van der Waals surface area (Å²) in [6, 6.07) is 4.95. The van der Waals surface area contributed by atoms with Gasteiger partial charge in [-0.15, -0.1) is 0 Å². The van der Waals surface area contributed by atoms with Gasteiger partial charge in [0, 0.05) is 11.5 Å². The number of nitrogens with zero attached hydrogens (tertiary/aromatic N) is 1. The monoisotopic (exact) mass is 259 g/mol. The number of carbonyl (C=O) groups is 1. The molecule has 0 saturated carbocycles. The summed E-state index contributed by atoms with van der Waals surface area (Å²) in [5, 5.41) is 9.50. The molecule has 0 aliphatic rings. The lowest BCUT2D eigenvalue weighted by molar-refractivity contribution is -0.0376. The highest BCUT2D eigenvalue weighted by Gasteiger charge is 2.15. The molecule has 14 heavy (non-hydrogen) atoms. The van der Waals surface area contributed by atoms with Crippen molar-refractivity contribution in [2.24, 2.45) is 0 Å². The summed E-state index contributed by atoms with van der Waals surface area (Å²) in [4.78, 5) is 11.4. The molecule has 1 aromatic carbocycles. The van der Waals surface area contributed by atoms with Crippen LogP contribution in [0.4, 0.5) is 0 Å². The molecule has 0 aromatic heterocycles. The molecule has 0 bridgehead atoms. The van der Waals surface area contributed by atoms with E-state index in [9.17, 15) is 4.79 Å². The Kier molecular flexibility index (Phi) is 3.49. The maximum absolute atomic E-state index is 11.4. The van der Waals surface area contributed by atoms with Gasteiger partial charge in [0.2, 0.25) is 0 Å². The third-order valence-corrected chi connectivity index (χ3v) is 2.18. The van der Waals surface area contributed by atoms with Gasteiger partial charge in [-0.25, -0.2) is 5.06 Å². The van der Waals surface area contributed by atoms with E-state index in [1.807, 2.05) is 0 Å². The number of hydrogen-bond donors (Lipinski definition) is 1. The van der Waals surface area contributed by atoms with E-state index in [4.69, 9.17) is 9.94 Å². The Hall–Kier alpha value is -1.07.